The number of rotatable bonds is 7. The topological polar surface area (TPSA) is 69.0 Å². The number of hydrogen-bond donors (Lipinski definition) is 1. The van der Waals surface area contributed by atoms with E-state index in [1.165, 1.54) is 0 Å². The van der Waals surface area contributed by atoms with Crippen molar-refractivity contribution in [3.63, 3.8) is 0 Å². The van der Waals surface area contributed by atoms with Gasteiger partial charge in [-0.1, -0.05) is 11.8 Å². The first-order chi connectivity index (χ1) is 14.1. The molecule has 6 nitrogen and oxygen atoms in total. The Hall–Kier alpha value is -3.43. The fourth-order valence-electron chi connectivity index (χ4n) is 2.66. The van der Waals surface area contributed by atoms with Crippen molar-refractivity contribution in [3.8, 4) is 17.5 Å². The van der Waals surface area contributed by atoms with E-state index in [4.69, 9.17) is 4.74 Å². The highest BCUT2D eigenvalue weighted by Crippen LogP contribution is 2.16. The number of ether oxygens (including phenoxy) is 1. The van der Waals surface area contributed by atoms with Gasteiger partial charge in [-0.3, -0.25) is 9.78 Å². The van der Waals surface area contributed by atoms with Crippen LogP contribution >= 0.6 is 0 Å². The second-order valence-electron chi connectivity index (χ2n) is 6.70. The quantitative estimate of drug-likeness (QED) is 0.498. The van der Waals surface area contributed by atoms with E-state index in [0.29, 0.717) is 24.3 Å². The number of nitrogens with zero attached hydrogens (tertiary/aromatic N) is 3. The molecular weight excluding hydrogens is 364 g/mol. The predicted octanol–water partition coefficient (Wildman–Crippen LogP) is 3.21. The average molecular weight is 388 g/mol. The monoisotopic (exact) mass is 388 g/mol. The molecule has 2 aromatic heterocycles. The maximum Gasteiger partial charge on any atom is 0.251 e. The molecule has 0 unspecified atom stereocenters. The van der Waals surface area contributed by atoms with Crippen molar-refractivity contribution in [1.29, 1.82) is 0 Å². The number of carbonyl (C=O) groups excluding carboxylic acids is 1. The van der Waals surface area contributed by atoms with Crippen molar-refractivity contribution in [1.82, 2.24) is 20.1 Å². The number of nitrogens with one attached hydrogen (secondary N) is 1. The molecular formula is C23H24N4O2. The van der Waals surface area contributed by atoms with Gasteiger partial charge in [0.25, 0.3) is 5.91 Å². The Kier molecular flexibility index (Phi) is 7.15. The molecule has 0 atom stereocenters. The first kappa shape index (κ1) is 20.3. The summed E-state index contributed by atoms with van der Waals surface area (Å²) in [4.78, 5) is 16.6. The van der Waals surface area contributed by atoms with E-state index >= 15 is 0 Å². The van der Waals surface area contributed by atoms with E-state index in [0.717, 1.165) is 17.7 Å². The van der Waals surface area contributed by atoms with E-state index in [-0.39, 0.29) is 12.0 Å². The number of aromatic nitrogens is 3. The molecule has 2 heterocycles. The van der Waals surface area contributed by atoms with Gasteiger partial charge in [0.15, 0.2) is 0 Å². The van der Waals surface area contributed by atoms with Crippen molar-refractivity contribution in [2.45, 2.75) is 26.4 Å². The molecule has 148 valence electrons. The summed E-state index contributed by atoms with van der Waals surface area (Å²) in [6, 6.07) is 11.0. The van der Waals surface area contributed by atoms with Crippen LogP contribution in [0.3, 0.4) is 0 Å². The minimum Gasteiger partial charge on any atom is -0.379 e. The van der Waals surface area contributed by atoms with Gasteiger partial charge >= 0.3 is 0 Å². The van der Waals surface area contributed by atoms with Gasteiger partial charge in [0.2, 0.25) is 0 Å². The van der Waals surface area contributed by atoms with Gasteiger partial charge in [-0.25, -0.2) is 4.68 Å². The van der Waals surface area contributed by atoms with Crippen LogP contribution in [0.15, 0.2) is 61.2 Å². The van der Waals surface area contributed by atoms with Crippen molar-refractivity contribution in [2.75, 3.05) is 13.2 Å². The fraction of sp³-hybridized carbons (Fsp3) is 0.261. The molecule has 0 spiro atoms. The van der Waals surface area contributed by atoms with Gasteiger partial charge in [0, 0.05) is 49.1 Å². The lowest BCUT2D eigenvalue weighted by atomic mass is 10.1. The Morgan fingerprint density at radius 2 is 2.10 bits per heavy atom. The summed E-state index contributed by atoms with van der Waals surface area (Å²) in [5.74, 6) is 6.12. The van der Waals surface area contributed by atoms with Crippen LogP contribution in [0.5, 0.6) is 0 Å². The van der Waals surface area contributed by atoms with Gasteiger partial charge in [0.1, 0.15) is 0 Å². The Labute approximate surface area is 170 Å². The molecule has 1 N–H and O–H groups in total. The van der Waals surface area contributed by atoms with Gasteiger partial charge in [-0.2, -0.15) is 5.10 Å². The van der Waals surface area contributed by atoms with Crippen LogP contribution in [-0.4, -0.2) is 39.9 Å². The SMILES string of the molecule is CC(C)OCCCNC(=O)c1ccc(-n2cccn2)c(C#Cc2cccnc2)c1. The van der Waals surface area contributed by atoms with Gasteiger partial charge < -0.3 is 10.1 Å². The molecule has 0 aliphatic rings. The number of hydrogen-bond acceptors (Lipinski definition) is 4. The first-order valence-corrected chi connectivity index (χ1v) is 9.59. The van der Waals surface area contributed by atoms with Crippen LogP contribution in [0, 0.1) is 11.8 Å². The summed E-state index contributed by atoms with van der Waals surface area (Å²) in [5, 5.41) is 7.21. The van der Waals surface area contributed by atoms with Gasteiger partial charge in [-0.15, -0.1) is 0 Å². The molecule has 1 aromatic carbocycles. The maximum absolute atomic E-state index is 12.5. The molecule has 0 bridgehead atoms. The minimum absolute atomic E-state index is 0.133. The highest BCUT2D eigenvalue weighted by molar-refractivity contribution is 5.95. The van der Waals surface area contributed by atoms with Crippen LogP contribution in [-0.2, 0) is 4.74 Å². The van der Waals surface area contributed by atoms with Crippen LogP contribution in [0.1, 0.15) is 41.8 Å². The van der Waals surface area contributed by atoms with Crippen molar-refractivity contribution < 1.29 is 9.53 Å². The van der Waals surface area contributed by atoms with Crippen LogP contribution in [0.2, 0.25) is 0 Å². The third-order valence-electron chi connectivity index (χ3n) is 4.07. The van der Waals surface area contributed by atoms with E-state index in [1.54, 1.807) is 35.4 Å². The number of pyridine rings is 1. The van der Waals surface area contributed by atoms with E-state index in [2.05, 4.69) is 27.2 Å². The summed E-state index contributed by atoms with van der Waals surface area (Å²) in [5.41, 5.74) is 2.89. The molecule has 0 saturated carbocycles. The molecule has 0 radical (unpaired) electrons. The zero-order valence-electron chi connectivity index (χ0n) is 16.6. The number of carbonyl (C=O) groups is 1. The highest BCUT2D eigenvalue weighted by Gasteiger charge is 2.10. The lowest BCUT2D eigenvalue weighted by Crippen LogP contribution is -2.25. The van der Waals surface area contributed by atoms with Crippen molar-refractivity contribution in [2.24, 2.45) is 0 Å². The summed E-state index contributed by atoms with van der Waals surface area (Å²) >= 11 is 0. The maximum atomic E-state index is 12.5. The van der Waals surface area contributed by atoms with Gasteiger partial charge in [-0.05, 0) is 56.7 Å². The minimum atomic E-state index is -0.133. The summed E-state index contributed by atoms with van der Waals surface area (Å²) in [6.45, 7) is 5.17. The lowest BCUT2D eigenvalue weighted by molar-refractivity contribution is 0.0757. The fourth-order valence-corrected chi connectivity index (χ4v) is 2.66. The first-order valence-electron chi connectivity index (χ1n) is 9.59. The molecule has 0 saturated heterocycles. The number of amides is 1. The lowest BCUT2D eigenvalue weighted by Gasteiger charge is -2.10. The van der Waals surface area contributed by atoms with Crippen molar-refractivity contribution >= 4 is 5.91 Å². The Balaban J connectivity index is 1.78. The zero-order chi connectivity index (χ0) is 20.5. The molecule has 0 fully saturated rings. The molecule has 3 rings (SSSR count). The van der Waals surface area contributed by atoms with Crippen LogP contribution in [0.25, 0.3) is 5.69 Å². The Morgan fingerprint density at radius 1 is 1.21 bits per heavy atom. The van der Waals surface area contributed by atoms with Crippen molar-refractivity contribution in [3.05, 3.63) is 77.9 Å². The van der Waals surface area contributed by atoms with Crippen LogP contribution in [0.4, 0.5) is 0 Å². The molecule has 6 heteroatoms. The number of benzene rings is 1. The molecule has 1 amide bonds. The van der Waals surface area contributed by atoms with E-state index in [1.807, 2.05) is 44.3 Å². The highest BCUT2D eigenvalue weighted by atomic mass is 16.5. The summed E-state index contributed by atoms with van der Waals surface area (Å²) in [7, 11) is 0. The average Bonchev–Trinajstić information content (AvgIpc) is 3.27. The third-order valence-corrected chi connectivity index (χ3v) is 4.07. The Morgan fingerprint density at radius 3 is 2.83 bits per heavy atom. The molecule has 29 heavy (non-hydrogen) atoms. The second-order valence-corrected chi connectivity index (χ2v) is 6.70. The largest absolute Gasteiger partial charge is 0.379 e. The summed E-state index contributed by atoms with van der Waals surface area (Å²) in [6.07, 6.45) is 7.93. The van der Waals surface area contributed by atoms with E-state index < -0.39 is 0 Å². The standard InChI is InChI=1S/C23H24N4O2/c1-18(2)29-15-5-12-25-23(28)21-9-10-22(27-14-4-13-26-27)20(16-21)8-7-19-6-3-11-24-17-19/h3-4,6,9-11,13-14,16-18H,5,12,15H2,1-2H3,(H,25,28). The zero-order valence-corrected chi connectivity index (χ0v) is 16.6. The third kappa shape index (κ3) is 6.03. The summed E-state index contributed by atoms with van der Waals surface area (Å²) < 4.78 is 7.23. The normalized spacial score (nSPS) is 10.4. The molecule has 0 aliphatic carbocycles. The van der Waals surface area contributed by atoms with Crippen LogP contribution < -0.4 is 5.32 Å². The Bertz CT molecular complexity index is 987. The van der Waals surface area contributed by atoms with Gasteiger partial charge in [0.05, 0.1) is 17.4 Å². The smallest absolute Gasteiger partial charge is 0.251 e. The molecule has 0 aliphatic heterocycles. The predicted molar refractivity (Wildman–Crippen MR) is 112 cm³/mol. The van der Waals surface area contributed by atoms with E-state index in [9.17, 15) is 4.79 Å². The molecule has 3 aromatic rings. The second kappa shape index (κ2) is 10.2.